The highest BCUT2D eigenvalue weighted by Gasteiger charge is 2.14. The van der Waals surface area contributed by atoms with Crippen molar-refractivity contribution < 1.29 is 9.72 Å². The maximum Gasteiger partial charge on any atom is 0.284 e. The lowest BCUT2D eigenvalue weighted by Gasteiger charge is -2.07. The lowest BCUT2D eigenvalue weighted by atomic mass is 10.1. The summed E-state index contributed by atoms with van der Waals surface area (Å²) < 4.78 is 0.327. The number of nitro benzene ring substituents is 1. The van der Waals surface area contributed by atoms with Crippen LogP contribution in [0.15, 0.2) is 46.4 Å². The molecule has 0 saturated carbocycles. The molecule has 126 valence electrons. The molecule has 1 amide bonds. The van der Waals surface area contributed by atoms with Gasteiger partial charge in [-0.2, -0.15) is 5.26 Å². The maximum atomic E-state index is 12.3. The number of carbonyl (C=O) groups excluding carboxylic acids is 1. The van der Waals surface area contributed by atoms with Crippen molar-refractivity contribution in [2.75, 3.05) is 5.32 Å². The van der Waals surface area contributed by atoms with Crippen LogP contribution in [-0.2, 0) is 4.79 Å². The zero-order valence-electron chi connectivity index (χ0n) is 13.5. The Morgan fingerprint density at radius 1 is 1.24 bits per heavy atom. The van der Waals surface area contributed by atoms with Gasteiger partial charge in [0.15, 0.2) is 0 Å². The number of nitro groups is 1. The SMILES string of the molecule is Cc1ccc(NC(=O)/C(C#N)=C\c2ccc(Br)c([N+](=O)[O-])c2)cc1C. The van der Waals surface area contributed by atoms with Crippen molar-refractivity contribution in [3.05, 3.63) is 73.2 Å². The second kappa shape index (κ2) is 7.73. The minimum absolute atomic E-state index is 0.138. The van der Waals surface area contributed by atoms with Crippen molar-refractivity contribution in [1.29, 1.82) is 5.26 Å². The first-order valence-electron chi connectivity index (χ1n) is 7.26. The third-order valence-electron chi connectivity index (χ3n) is 3.61. The minimum atomic E-state index is -0.573. The molecule has 0 unspecified atom stereocenters. The number of benzene rings is 2. The molecule has 2 rings (SSSR count). The van der Waals surface area contributed by atoms with E-state index >= 15 is 0 Å². The molecular formula is C18H14BrN3O3. The van der Waals surface area contributed by atoms with Crippen LogP contribution in [0.3, 0.4) is 0 Å². The molecule has 0 saturated heterocycles. The summed E-state index contributed by atoms with van der Waals surface area (Å²) in [7, 11) is 0. The number of carbonyl (C=O) groups is 1. The predicted molar refractivity (Wildman–Crippen MR) is 98.9 cm³/mol. The first-order chi connectivity index (χ1) is 11.8. The highest BCUT2D eigenvalue weighted by Crippen LogP contribution is 2.26. The number of rotatable bonds is 4. The van der Waals surface area contributed by atoms with Gasteiger partial charge < -0.3 is 5.32 Å². The fourth-order valence-electron chi connectivity index (χ4n) is 2.09. The molecule has 0 atom stereocenters. The topological polar surface area (TPSA) is 96.0 Å². The van der Waals surface area contributed by atoms with Crippen molar-refractivity contribution in [2.24, 2.45) is 0 Å². The fraction of sp³-hybridized carbons (Fsp3) is 0.111. The van der Waals surface area contributed by atoms with Gasteiger partial charge in [-0.15, -0.1) is 0 Å². The highest BCUT2D eigenvalue weighted by molar-refractivity contribution is 9.10. The van der Waals surface area contributed by atoms with Crippen molar-refractivity contribution in [3.63, 3.8) is 0 Å². The van der Waals surface area contributed by atoms with E-state index in [0.29, 0.717) is 15.7 Å². The average Bonchev–Trinajstić information content (AvgIpc) is 2.57. The Kier molecular flexibility index (Phi) is 5.67. The summed E-state index contributed by atoms with van der Waals surface area (Å²) in [5.74, 6) is -0.573. The Morgan fingerprint density at radius 3 is 2.56 bits per heavy atom. The molecular weight excluding hydrogens is 386 g/mol. The summed E-state index contributed by atoms with van der Waals surface area (Å²) in [5.41, 5.74) is 2.80. The van der Waals surface area contributed by atoms with E-state index in [1.54, 1.807) is 12.1 Å². The lowest BCUT2D eigenvalue weighted by Crippen LogP contribution is -2.13. The van der Waals surface area contributed by atoms with Gasteiger partial charge in [-0.3, -0.25) is 14.9 Å². The number of aryl methyl sites for hydroxylation is 2. The molecule has 0 heterocycles. The van der Waals surface area contributed by atoms with Crippen molar-refractivity contribution >= 4 is 39.3 Å². The zero-order chi connectivity index (χ0) is 18.6. The largest absolute Gasteiger partial charge is 0.321 e. The van der Waals surface area contributed by atoms with E-state index in [0.717, 1.165) is 11.1 Å². The van der Waals surface area contributed by atoms with Gasteiger partial charge in [0.1, 0.15) is 11.6 Å². The highest BCUT2D eigenvalue weighted by atomic mass is 79.9. The molecule has 7 heteroatoms. The van der Waals surface area contributed by atoms with Gasteiger partial charge in [0.05, 0.1) is 9.40 Å². The quantitative estimate of drug-likeness (QED) is 0.353. The smallest absolute Gasteiger partial charge is 0.284 e. The number of amides is 1. The van der Waals surface area contributed by atoms with Gasteiger partial charge in [0.25, 0.3) is 11.6 Å². The molecule has 0 aromatic heterocycles. The first-order valence-corrected chi connectivity index (χ1v) is 8.05. The number of nitrogens with one attached hydrogen (secondary N) is 1. The molecule has 0 bridgehead atoms. The van der Waals surface area contributed by atoms with E-state index < -0.39 is 10.8 Å². The second-order valence-electron chi connectivity index (χ2n) is 5.39. The summed E-state index contributed by atoms with van der Waals surface area (Å²) in [6, 6.07) is 11.6. The number of nitrogens with zero attached hydrogens (tertiary/aromatic N) is 2. The first kappa shape index (κ1) is 18.4. The number of nitriles is 1. The molecule has 25 heavy (non-hydrogen) atoms. The number of halogens is 1. The molecule has 0 fully saturated rings. The van der Waals surface area contributed by atoms with Gasteiger partial charge in [-0.05, 0) is 70.7 Å². The Labute approximate surface area is 153 Å². The second-order valence-corrected chi connectivity index (χ2v) is 6.25. The van der Waals surface area contributed by atoms with Gasteiger partial charge in [0, 0.05) is 11.8 Å². The monoisotopic (exact) mass is 399 g/mol. The Bertz CT molecular complexity index is 930. The van der Waals surface area contributed by atoms with Crippen LogP contribution in [0.2, 0.25) is 0 Å². The van der Waals surface area contributed by atoms with Crippen LogP contribution in [0.5, 0.6) is 0 Å². The van der Waals surface area contributed by atoms with E-state index in [1.165, 1.54) is 18.2 Å². The van der Waals surface area contributed by atoms with Crippen molar-refractivity contribution in [1.82, 2.24) is 0 Å². The molecule has 0 spiro atoms. The van der Waals surface area contributed by atoms with Crippen LogP contribution >= 0.6 is 15.9 Å². The molecule has 2 aromatic carbocycles. The van der Waals surface area contributed by atoms with E-state index in [9.17, 15) is 20.2 Å². The molecule has 1 N–H and O–H groups in total. The van der Waals surface area contributed by atoms with Crippen LogP contribution in [0.4, 0.5) is 11.4 Å². The third kappa shape index (κ3) is 4.52. The molecule has 0 aliphatic rings. The summed E-state index contributed by atoms with van der Waals surface area (Å²) in [5, 5.41) is 22.9. The van der Waals surface area contributed by atoms with E-state index in [4.69, 9.17) is 0 Å². The number of anilines is 1. The van der Waals surface area contributed by atoms with Crippen molar-refractivity contribution in [2.45, 2.75) is 13.8 Å². The van der Waals surface area contributed by atoms with Gasteiger partial charge >= 0.3 is 0 Å². The van der Waals surface area contributed by atoms with Crippen molar-refractivity contribution in [3.8, 4) is 6.07 Å². The van der Waals surface area contributed by atoms with E-state index in [-0.39, 0.29) is 11.3 Å². The number of hydrogen-bond donors (Lipinski definition) is 1. The van der Waals surface area contributed by atoms with Gasteiger partial charge in [-0.1, -0.05) is 12.1 Å². The molecule has 6 nitrogen and oxygen atoms in total. The Hall–Kier alpha value is -2.98. The summed E-state index contributed by atoms with van der Waals surface area (Å²) >= 11 is 3.09. The summed E-state index contributed by atoms with van der Waals surface area (Å²) in [6.45, 7) is 3.88. The van der Waals surface area contributed by atoms with E-state index in [1.807, 2.05) is 32.0 Å². The zero-order valence-corrected chi connectivity index (χ0v) is 15.1. The predicted octanol–water partition coefficient (Wildman–Crippen LogP) is 4.52. The van der Waals surface area contributed by atoms with Crippen LogP contribution in [0.1, 0.15) is 16.7 Å². The van der Waals surface area contributed by atoms with Gasteiger partial charge in [-0.25, -0.2) is 0 Å². The minimum Gasteiger partial charge on any atom is -0.321 e. The standard InChI is InChI=1S/C18H14BrN3O3/c1-11-3-5-15(7-12(11)2)21-18(23)14(10-20)8-13-4-6-16(19)17(9-13)22(24)25/h3-9H,1-2H3,(H,21,23)/b14-8-. The normalized spacial score (nSPS) is 10.9. The number of hydrogen-bond acceptors (Lipinski definition) is 4. The summed E-state index contributed by atoms with van der Waals surface area (Å²) in [6.07, 6.45) is 1.32. The molecule has 0 aliphatic heterocycles. The average molecular weight is 400 g/mol. The Balaban J connectivity index is 2.29. The Morgan fingerprint density at radius 2 is 1.96 bits per heavy atom. The summed E-state index contributed by atoms with van der Waals surface area (Å²) in [4.78, 5) is 22.7. The molecule has 2 aromatic rings. The van der Waals surface area contributed by atoms with Gasteiger partial charge in [0.2, 0.25) is 0 Å². The lowest BCUT2D eigenvalue weighted by molar-refractivity contribution is -0.385. The molecule has 0 radical (unpaired) electrons. The third-order valence-corrected chi connectivity index (χ3v) is 4.28. The van der Waals surface area contributed by atoms with E-state index in [2.05, 4.69) is 21.2 Å². The van der Waals surface area contributed by atoms with Crippen LogP contribution in [-0.4, -0.2) is 10.8 Å². The van der Waals surface area contributed by atoms with Crippen LogP contribution in [0, 0.1) is 35.3 Å². The van der Waals surface area contributed by atoms with Crippen LogP contribution < -0.4 is 5.32 Å². The maximum absolute atomic E-state index is 12.3. The van der Waals surface area contributed by atoms with Crippen LogP contribution in [0.25, 0.3) is 6.08 Å². The molecule has 0 aliphatic carbocycles. The fourth-order valence-corrected chi connectivity index (χ4v) is 2.48.